The molecule has 0 bridgehead atoms. The fourth-order valence-corrected chi connectivity index (χ4v) is 5.38. The molecule has 0 aliphatic rings. The molecule has 0 unspecified atom stereocenters. The molecule has 0 saturated heterocycles. The Morgan fingerprint density at radius 2 is 1.38 bits per heavy atom. The number of pyridine rings is 1. The molecule has 56 heavy (non-hydrogen) atoms. The van der Waals surface area contributed by atoms with Crippen LogP contribution in [-0.4, -0.2) is 40.0 Å². The van der Waals surface area contributed by atoms with E-state index in [4.69, 9.17) is 5.73 Å². The Balaban J connectivity index is 0.000000261. The van der Waals surface area contributed by atoms with E-state index in [1.807, 2.05) is 13.0 Å². The Labute approximate surface area is 316 Å². The zero-order chi connectivity index (χ0) is 40.2. The smallest absolute Gasteiger partial charge is 0.399 e. The number of carbonyl (C=O) groups excluding carboxylic acids is 1. The topological polar surface area (TPSA) is 141 Å². The fourth-order valence-electron chi connectivity index (χ4n) is 5.38. The monoisotopic (exact) mass is 770 g/mol. The van der Waals surface area contributed by atoms with E-state index in [1.54, 1.807) is 75.2 Å². The molecule has 0 fully saturated rings. The van der Waals surface area contributed by atoms with Crippen LogP contribution in [0.1, 0.15) is 38.4 Å². The lowest BCUT2D eigenvalue weighted by Crippen LogP contribution is -2.14. The number of benzene rings is 3. The molecular formula is C39H32F6N10O. The average Bonchev–Trinajstić information content (AvgIpc) is 3.80. The lowest BCUT2D eigenvalue weighted by Gasteiger charge is -2.14. The summed E-state index contributed by atoms with van der Waals surface area (Å²) < 4.78 is 81.6. The van der Waals surface area contributed by atoms with Crippen LogP contribution < -0.4 is 16.4 Å². The minimum Gasteiger partial charge on any atom is -0.399 e. The third-order valence-electron chi connectivity index (χ3n) is 8.15. The van der Waals surface area contributed by atoms with Gasteiger partial charge in [-0.05, 0) is 93.1 Å². The SMILES string of the molecule is Cc1cn(-c2cc(N)cc(C(F)(F)F)c2)cn1.Cc1cn(-c2cc(NC(=O)c3ccc(C)c(Nc4nccc(-c5cccnc5)n4)c3)cc(C(F)(F)F)c2)cn1. The highest BCUT2D eigenvalue weighted by atomic mass is 19.4. The predicted octanol–water partition coefficient (Wildman–Crippen LogP) is 9.14. The lowest BCUT2D eigenvalue weighted by atomic mass is 10.1. The fraction of sp³-hybridized carbons (Fsp3) is 0.128. The van der Waals surface area contributed by atoms with Crippen LogP contribution in [0.3, 0.4) is 0 Å². The summed E-state index contributed by atoms with van der Waals surface area (Å²) in [5.41, 5.74) is 8.93. The van der Waals surface area contributed by atoms with E-state index >= 15 is 0 Å². The van der Waals surface area contributed by atoms with Crippen molar-refractivity contribution in [3.05, 3.63) is 150 Å². The summed E-state index contributed by atoms with van der Waals surface area (Å²) in [6.07, 6.45) is 2.06. The quantitative estimate of drug-likeness (QED) is 0.108. The van der Waals surface area contributed by atoms with Gasteiger partial charge in [-0.25, -0.2) is 19.9 Å². The third-order valence-corrected chi connectivity index (χ3v) is 8.15. The van der Waals surface area contributed by atoms with Gasteiger partial charge >= 0.3 is 12.4 Å². The van der Waals surface area contributed by atoms with Crippen molar-refractivity contribution in [2.45, 2.75) is 33.1 Å². The van der Waals surface area contributed by atoms with Crippen LogP contribution in [0.5, 0.6) is 0 Å². The Morgan fingerprint density at radius 3 is 1.96 bits per heavy atom. The summed E-state index contributed by atoms with van der Waals surface area (Å²) in [7, 11) is 0. The van der Waals surface area contributed by atoms with Crippen molar-refractivity contribution in [1.29, 1.82) is 0 Å². The zero-order valence-corrected chi connectivity index (χ0v) is 29.9. The van der Waals surface area contributed by atoms with E-state index < -0.39 is 29.4 Å². The normalized spacial score (nSPS) is 11.4. The van der Waals surface area contributed by atoms with Crippen LogP contribution in [0.25, 0.3) is 22.6 Å². The van der Waals surface area contributed by atoms with Gasteiger partial charge in [-0.15, -0.1) is 0 Å². The molecule has 4 N–H and O–H groups in total. The molecule has 0 spiro atoms. The number of nitrogens with one attached hydrogen (secondary N) is 2. The number of amides is 1. The molecule has 0 aliphatic heterocycles. The molecular weight excluding hydrogens is 738 g/mol. The van der Waals surface area contributed by atoms with Crippen molar-refractivity contribution in [3.63, 3.8) is 0 Å². The standard InChI is InChI=1S/C28H22F3N7O.C11H10F3N3/c1-17-5-6-19(10-25(17)37-27-33-9-7-24(36-27)20-4-3-8-32-14-20)26(39)35-22-11-21(28(29,30)31)12-23(13-22)38-15-18(2)34-16-38;1-7-5-17(6-16-7)10-3-8(11(12,13)14)2-9(15)4-10/h3-16H,1-2H3,(H,35,39)(H,33,36,37);2-6H,15H2,1H3. The second kappa shape index (κ2) is 15.7. The van der Waals surface area contributed by atoms with Gasteiger partial charge in [-0.2, -0.15) is 26.3 Å². The summed E-state index contributed by atoms with van der Waals surface area (Å²) in [5.74, 6) is -0.259. The van der Waals surface area contributed by atoms with Crippen LogP contribution in [-0.2, 0) is 12.4 Å². The second-order valence-electron chi connectivity index (χ2n) is 12.5. The molecule has 286 valence electrons. The van der Waals surface area contributed by atoms with Crippen LogP contribution >= 0.6 is 0 Å². The number of nitrogen functional groups attached to an aromatic ring is 1. The molecule has 11 nitrogen and oxygen atoms in total. The highest BCUT2D eigenvalue weighted by Crippen LogP contribution is 2.34. The Hall–Kier alpha value is -7.04. The number of aryl methyl sites for hydroxylation is 3. The summed E-state index contributed by atoms with van der Waals surface area (Å²) in [6, 6.07) is 17.1. The van der Waals surface area contributed by atoms with Crippen LogP contribution in [0.4, 0.5) is 49.4 Å². The highest BCUT2D eigenvalue weighted by Gasteiger charge is 2.32. The molecule has 0 saturated carbocycles. The van der Waals surface area contributed by atoms with Gasteiger partial charge in [0, 0.05) is 70.5 Å². The predicted molar refractivity (Wildman–Crippen MR) is 199 cm³/mol. The van der Waals surface area contributed by atoms with Gasteiger partial charge in [0.05, 0.1) is 40.9 Å². The summed E-state index contributed by atoms with van der Waals surface area (Å²) in [5, 5.41) is 5.71. The van der Waals surface area contributed by atoms with E-state index in [2.05, 4.69) is 35.6 Å². The zero-order valence-electron chi connectivity index (χ0n) is 29.9. The number of rotatable bonds is 7. The second-order valence-corrected chi connectivity index (χ2v) is 12.5. The van der Waals surface area contributed by atoms with Gasteiger partial charge in [-0.3, -0.25) is 9.78 Å². The Kier molecular flexibility index (Phi) is 10.9. The van der Waals surface area contributed by atoms with Gasteiger partial charge in [-0.1, -0.05) is 6.07 Å². The summed E-state index contributed by atoms with van der Waals surface area (Å²) >= 11 is 0. The van der Waals surface area contributed by atoms with E-state index in [-0.39, 0.29) is 22.6 Å². The van der Waals surface area contributed by atoms with E-state index in [1.165, 1.54) is 33.9 Å². The van der Waals surface area contributed by atoms with Crippen LogP contribution in [0.2, 0.25) is 0 Å². The molecule has 3 aromatic carbocycles. The maximum atomic E-state index is 13.6. The molecule has 1 amide bonds. The van der Waals surface area contributed by atoms with Crippen molar-refractivity contribution in [2.75, 3.05) is 16.4 Å². The maximum Gasteiger partial charge on any atom is 0.416 e. The largest absolute Gasteiger partial charge is 0.416 e. The number of nitrogens with zero attached hydrogens (tertiary/aromatic N) is 7. The lowest BCUT2D eigenvalue weighted by molar-refractivity contribution is -0.138. The number of hydrogen-bond acceptors (Lipinski definition) is 8. The molecule has 4 heterocycles. The van der Waals surface area contributed by atoms with Gasteiger partial charge in [0.25, 0.3) is 5.91 Å². The number of anilines is 4. The first-order valence-electron chi connectivity index (χ1n) is 16.7. The first-order chi connectivity index (χ1) is 26.5. The maximum absolute atomic E-state index is 13.6. The molecule has 4 aromatic heterocycles. The van der Waals surface area contributed by atoms with E-state index in [0.717, 1.165) is 41.1 Å². The molecule has 0 atom stereocenters. The van der Waals surface area contributed by atoms with Crippen molar-refractivity contribution in [3.8, 4) is 22.6 Å². The van der Waals surface area contributed by atoms with Crippen LogP contribution in [0, 0.1) is 20.8 Å². The van der Waals surface area contributed by atoms with Crippen molar-refractivity contribution < 1.29 is 31.1 Å². The first kappa shape index (κ1) is 38.7. The summed E-state index contributed by atoms with van der Waals surface area (Å²) in [4.78, 5) is 34.0. The van der Waals surface area contributed by atoms with Crippen molar-refractivity contribution in [2.24, 2.45) is 0 Å². The number of nitrogens with two attached hydrogens (primary N) is 1. The highest BCUT2D eigenvalue weighted by molar-refractivity contribution is 6.05. The molecule has 0 radical (unpaired) electrons. The molecule has 0 aliphatic carbocycles. The van der Waals surface area contributed by atoms with Gasteiger partial charge in [0.15, 0.2) is 0 Å². The third kappa shape index (κ3) is 9.54. The molecule has 7 rings (SSSR count). The first-order valence-corrected chi connectivity index (χ1v) is 16.7. The van der Waals surface area contributed by atoms with E-state index in [0.29, 0.717) is 28.7 Å². The Morgan fingerprint density at radius 1 is 0.732 bits per heavy atom. The van der Waals surface area contributed by atoms with Crippen molar-refractivity contribution in [1.82, 2.24) is 34.1 Å². The number of alkyl halides is 6. The summed E-state index contributed by atoms with van der Waals surface area (Å²) in [6.45, 7) is 5.34. The number of hydrogen-bond donors (Lipinski definition) is 3. The minimum atomic E-state index is -4.60. The van der Waals surface area contributed by atoms with Crippen LogP contribution in [0.15, 0.2) is 116 Å². The number of halogens is 6. The molecule has 7 aromatic rings. The van der Waals surface area contributed by atoms with Gasteiger partial charge in [0.1, 0.15) is 0 Å². The van der Waals surface area contributed by atoms with Gasteiger partial charge < -0.3 is 25.5 Å². The molecule has 17 heteroatoms. The number of carbonyl (C=O) groups is 1. The number of imidazole rings is 2. The minimum absolute atomic E-state index is 0.00114. The van der Waals surface area contributed by atoms with Crippen molar-refractivity contribution >= 4 is 28.9 Å². The van der Waals surface area contributed by atoms with Gasteiger partial charge in [0.2, 0.25) is 5.95 Å². The average molecular weight is 771 g/mol. The number of aromatic nitrogens is 7. The van der Waals surface area contributed by atoms with E-state index in [9.17, 15) is 31.1 Å². The Bertz CT molecular complexity index is 2490.